The lowest BCUT2D eigenvalue weighted by atomic mass is 9.87. The minimum absolute atomic E-state index is 0.225. The summed E-state index contributed by atoms with van der Waals surface area (Å²) >= 11 is 0. The summed E-state index contributed by atoms with van der Waals surface area (Å²) in [6.45, 7) is 4.81. The van der Waals surface area contributed by atoms with Gasteiger partial charge in [-0.1, -0.05) is 13.0 Å². The lowest BCUT2D eigenvalue weighted by Gasteiger charge is -2.28. The van der Waals surface area contributed by atoms with Gasteiger partial charge >= 0.3 is 0 Å². The predicted molar refractivity (Wildman–Crippen MR) is 80.3 cm³/mol. The van der Waals surface area contributed by atoms with Gasteiger partial charge in [0.15, 0.2) is 0 Å². The van der Waals surface area contributed by atoms with E-state index < -0.39 is 0 Å². The molecule has 0 radical (unpaired) electrons. The Hall–Kier alpha value is -1.06. The first kappa shape index (κ1) is 13.9. The van der Waals surface area contributed by atoms with Crippen molar-refractivity contribution in [1.82, 2.24) is 5.32 Å². The average molecular weight is 275 g/mol. The quantitative estimate of drug-likeness (QED) is 0.915. The molecule has 1 heterocycles. The third-order valence-corrected chi connectivity index (χ3v) is 4.30. The number of benzene rings is 1. The van der Waals surface area contributed by atoms with Crippen LogP contribution in [0.5, 0.6) is 5.75 Å². The highest BCUT2D eigenvalue weighted by Gasteiger charge is 2.21. The minimum atomic E-state index is 0.225. The second-order valence-corrected chi connectivity index (χ2v) is 5.82. The maximum absolute atomic E-state index is 6.10. The Bertz CT molecular complexity index is 441. The smallest absolute Gasteiger partial charge is 0.122 e. The molecule has 110 valence electrons. The monoisotopic (exact) mass is 275 g/mol. The van der Waals surface area contributed by atoms with E-state index in [1.165, 1.54) is 30.4 Å². The van der Waals surface area contributed by atoms with Crippen LogP contribution in [0.15, 0.2) is 18.2 Å². The average Bonchev–Trinajstić information content (AvgIpc) is 2.49. The summed E-state index contributed by atoms with van der Waals surface area (Å²) in [6, 6.07) is 7.12. The molecular formula is C17H25NO2. The summed E-state index contributed by atoms with van der Waals surface area (Å²) in [4.78, 5) is 0. The van der Waals surface area contributed by atoms with Crippen LogP contribution in [0.25, 0.3) is 0 Å². The third-order valence-electron chi connectivity index (χ3n) is 4.30. The molecule has 0 spiro atoms. The summed E-state index contributed by atoms with van der Waals surface area (Å²) < 4.78 is 11.6. The van der Waals surface area contributed by atoms with Gasteiger partial charge in [-0.3, -0.25) is 0 Å². The fraction of sp³-hybridized carbons (Fsp3) is 0.647. The zero-order valence-electron chi connectivity index (χ0n) is 12.4. The maximum atomic E-state index is 6.10. The van der Waals surface area contributed by atoms with Crippen LogP contribution < -0.4 is 10.1 Å². The second-order valence-electron chi connectivity index (χ2n) is 5.82. The maximum Gasteiger partial charge on any atom is 0.122 e. The number of rotatable bonds is 4. The Balaban J connectivity index is 1.74. The highest BCUT2D eigenvalue weighted by atomic mass is 16.5. The first-order chi connectivity index (χ1) is 9.86. The van der Waals surface area contributed by atoms with E-state index in [9.17, 15) is 0 Å². The number of hydrogen-bond acceptors (Lipinski definition) is 3. The van der Waals surface area contributed by atoms with E-state index in [2.05, 4.69) is 30.4 Å². The molecular weight excluding hydrogens is 250 g/mol. The Labute approximate surface area is 121 Å². The molecule has 2 aliphatic rings. The summed E-state index contributed by atoms with van der Waals surface area (Å²) in [6.07, 6.45) is 6.15. The number of ether oxygens (including phenoxy) is 2. The molecule has 0 saturated carbocycles. The van der Waals surface area contributed by atoms with Gasteiger partial charge < -0.3 is 14.8 Å². The van der Waals surface area contributed by atoms with Crippen LogP contribution in [0.2, 0.25) is 0 Å². The normalized spacial score (nSPS) is 26.1. The number of nitrogens with one attached hydrogen (secondary N) is 1. The molecule has 20 heavy (non-hydrogen) atoms. The van der Waals surface area contributed by atoms with Gasteiger partial charge in [-0.15, -0.1) is 0 Å². The molecule has 3 heteroatoms. The van der Waals surface area contributed by atoms with Gasteiger partial charge in [0.05, 0.1) is 6.61 Å². The lowest BCUT2D eigenvalue weighted by Crippen LogP contribution is -2.28. The molecule has 0 aromatic heterocycles. The van der Waals surface area contributed by atoms with Crippen molar-refractivity contribution in [3.63, 3.8) is 0 Å². The van der Waals surface area contributed by atoms with Gasteiger partial charge in [0, 0.05) is 12.6 Å². The summed E-state index contributed by atoms with van der Waals surface area (Å²) in [5.74, 6) is 1.00. The van der Waals surface area contributed by atoms with Crippen molar-refractivity contribution in [3.05, 3.63) is 29.3 Å². The molecule has 0 amide bonds. The molecule has 2 unspecified atom stereocenters. The number of hydrogen-bond donors (Lipinski definition) is 1. The van der Waals surface area contributed by atoms with Crippen molar-refractivity contribution >= 4 is 0 Å². The predicted octanol–water partition coefficient (Wildman–Crippen LogP) is 3.23. The van der Waals surface area contributed by atoms with Crippen LogP contribution in [0.1, 0.15) is 49.8 Å². The van der Waals surface area contributed by atoms with E-state index >= 15 is 0 Å². The van der Waals surface area contributed by atoms with Gasteiger partial charge in [0.25, 0.3) is 0 Å². The first-order valence-electron chi connectivity index (χ1n) is 7.97. The van der Waals surface area contributed by atoms with Gasteiger partial charge in [-0.2, -0.15) is 0 Å². The molecule has 1 aliphatic heterocycles. The highest BCUT2D eigenvalue weighted by Crippen LogP contribution is 2.33. The Morgan fingerprint density at radius 2 is 2.25 bits per heavy atom. The van der Waals surface area contributed by atoms with Gasteiger partial charge in [0.2, 0.25) is 0 Å². The van der Waals surface area contributed by atoms with Gasteiger partial charge in [-0.25, -0.2) is 0 Å². The van der Waals surface area contributed by atoms with Crippen LogP contribution in [-0.2, 0) is 11.2 Å². The largest absolute Gasteiger partial charge is 0.488 e. The van der Waals surface area contributed by atoms with Gasteiger partial charge in [0.1, 0.15) is 11.9 Å². The van der Waals surface area contributed by atoms with E-state index in [-0.39, 0.29) is 6.10 Å². The SMILES string of the molecule is CCNC1CCCc2ccc(OC3CCCOC3)cc21. The first-order valence-corrected chi connectivity index (χ1v) is 7.97. The zero-order chi connectivity index (χ0) is 13.8. The molecule has 3 rings (SSSR count). The molecule has 1 saturated heterocycles. The van der Waals surface area contributed by atoms with Crippen LogP contribution in [0, 0.1) is 0 Å². The van der Waals surface area contributed by atoms with Crippen molar-refractivity contribution in [2.75, 3.05) is 19.8 Å². The van der Waals surface area contributed by atoms with E-state index in [1.54, 1.807) is 0 Å². The van der Waals surface area contributed by atoms with Crippen LogP contribution in [0.3, 0.4) is 0 Å². The Morgan fingerprint density at radius 1 is 1.30 bits per heavy atom. The van der Waals surface area contributed by atoms with Gasteiger partial charge in [-0.05, 0) is 61.9 Å². The van der Waals surface area contributed by atoms with Crippen molar-refractivity contribution in [2.45, 2.75) is 51.2 Å². The van der Waals surface area contributed by atoms with Crippen molar-refractivity contribution in [3.8, 4) is 5.75 Å². The molecule has 1 fully saturated rings. The number of fused-ring (bicyclic) bond motifs is 1. The van der Waals surface area contributed by atoms with E-state index in [1.807, 2.05) is 0 Å². The van der Waals surface area contributed by atoms with E-state index in [0.717, 1.165) is 38.3 Å². The third kappa shape index (κ3) is 3.15. The molecule has 0 bridgehead atoms. The van der Waals surface area contributed by atoms with Crippen LogP contribution in [0.4, 0.5) is 0 Å². The second kappa shape index (κ2) is 6.59. The van der Waals surface area contributed by atoms with E-state index in [4.69, 9.17) is 9.47 Å². The van der Waals surface area contributed by atoms with Crippen LogP contribution >= 0.6 is 0 Å². The Kier molecular flexibility index (Phi) is 4.58. The zero-order valence-corrected chi connectivity index (χ0v) is 12.4. The molecule has 2 atom stereocenters. The standard InChI is InChI=1S/C17H25NO2/c1-2-18-17-7-3-5-13-8-9-14(11-16(13)17)20-15-6-4-10-19-12-15/h8-9,11,15,17-18H,2-7,10,12H2,1H3. The lowest BCUT2D eigenvalue weighted by molar-refractivity contribution is 0.00737. The molecule has 1 aromatic carbocycles. The molecule has 1 aromatic rings. The van der Waals surface area contributed by atoms with Crippen molar-refractivity contribution in [2.24, 2.45) is 0 Å². The molecule has 1 aliphatic carbocycles. The van der Waals surface area contributed by atoms with Crippen molar-refractivity contribution in [1.29, 1.82) is 0 Å². The van der Waals surface area contributed by atoms with E-state index in [0.29, 0.717) is 6.04 Å². The van der Waals surface area contributed by atoms with Crippen LogP contribution in [-0.4, -0.2) is 25.9 Å². The Morgan fingerprint density at radius 3 is 3.05 bits per heavy atom. The summed E-state index contributed by atoms with van der Waals surface area (Å²) in [5, 5.41) is 3.59. The summed E-state index contributed by atoms with van der Waals surface area (Å²) in [7, 11) is 0. The van der Waals surface area contributed by atoms with Crippen molar-refractivity contribution < 1.29 is 9.47 Å². The fourth-order valence-electron chi connectivity index (χ4n) is 3.31. The molecule has 1 N–H and O–H groups in total. The topological polar surface area (TPSA) is 30.5 Å². The molecule has 3 nitrogen and oxygen atoms in total. The minimum Gasteiger partial charge on any atom is -0.488 e. The fourth-order valence-corrected chi connectivity index (χ4v) is 3.31. The highest BCUT2D eigenvalue weighted by molar-refractivity contribution is 5.39. The summed E-state index contributed by atoms with van der Waals surface area (Å²) in [5.41, 5.74) is 2.92. The number of aryl methyl sites for hydroxylation is 1.